The number of aromatic nitrogens is 1. The third-order valence-electron chi connectivity index (χ3n) is 4.81. The molecule has 1 amide bonds. The fraction of sp³-hybridized carbons (Fsp3) is 0.263. The van der Waals surface area contributed by atoms with Gasteiger partial charge in [0.05, 0.1) is 22.8 Å². The van der Waals surface area contributed by atoms with Gasteiger partial charge in [-0.05, 0) is 59.1 Å². The first-order valence-corrected chi connectivity index (χ1v) is 10.1. The first-order chi connectivity index (χ1) is 13.0. The highest BCUT2D eigenvalue weighted by Gasteiger charge is 2.31. The molecular formula is C19H16BrFN2O3S. The van der Waals surface area contributed by atoms with Gasteiger partial charge in [0.15, 0.2) is 0 Å². The Labute approximate surface area is 166 Å². The fourth-order valence-electron chi connectivity index (χ4n) is 3.45. The van der Waals surface area contributed by atoms with Gasteiger partial charge in [0.25, 0.3) is 11.5 Å². The summed E-state index contributed by atoms with van der Waals surface area (Å²) in [5.41, 5.74) is 0.283. The van der Waals surface area contributed by atoms with Gasteiger partial charge in [-0.15, -0.1) is 11.3 Å². The first-order valence-electron chi connectivity index (χ1n) is 8.53. The number of halogens is 2. The molecule has 3 aromatic rings. The number of pyridine rings is 1. The van der Waals surface area contributed by atoms with Gasteiger partial charge in [0.2, 0.25) is 0 Å². The molecule has 1 aliphatic rings. The van der Waals surface area contributed by atoms with Crippen molar-refractivity contribution in [3.8, 4) is 5.69 Å². The van der Waals surface area contributed by atoms with Crippen LogP contribution in [0.4, 0.5) is 4.39 Å². The maximum atomic E-state index is 13.3. The molecule has 0 unspecified atom stereocenters. The Morgan fingerprint density at radius 3 is 2.70 bits per heavy atom. The molecule has 1 fully saturated rings. The van der Waals surface area contributed by atoms with Crippen molar-refractivity contribution in [3.05, 3.63) is 61.9 Å². The maximum Gasteiger partial charge on any atom is 0.265 e. The minimum absolute atomic E-state index is 0.0610. The zero-order valence-electron chi connectivity index (χ0n) is 14.2. The third-order valence-corrected chi connectivity index (χ3v) is 7.07. The molecule has 2 aromatic heterocycles. The molecule has 1 aromatic carbocycles. The smallest absolute Gasteiger partial charge is 0.265 e. The molecule has 5 nitrogen and oxygen atoms in total. The molecule has 8 heteroatoms. The van der Waals surface area contributed by atoms with E-state index in [-0.39, 0.29) is 29.9 Å². The summed E-state index contributed by atoms with van der Waals surface area (Å²) in [6.07, 6.45) is 1.64. The van der Waals surface area contributed by atoms with E-state index in [2.05, 4.69) is 15.9 Å². The minimum atomic E-state index is -0.383. The lowest BCUT2D eigenvalue weighted by molar-refractivity contribution is 0.0682. The highest BCUT2D eigenvalue weighted by molar-refractivity contribution is 9.10. The van der Waals surface area contributed by atoms with Crippen LogP contribution in [0.2, 0.25) is 0 Å². The first kappa shape index (κ1) is 18.3. The van der Waals surface area contributed by atoms with Crippen LogP contribution in [-0.2, 0) is 0 Å². The molecular weight excluding hydrogens is 435 g/mol. The number of amides is 1. The lowest BCUT2D eigenvalue weighted by Crippen LogP contribution is -2.37. The summed E-state index contributed by atoms with van der Waals surface area (Å²) in [6, 6.07) is 8.61. The van der Waals surface area contributed by atoms with Crippen molar-refractivity contribution < 1.29 is 14.3 Å². The molecule has 0 radical (unpaired) electrons. The topological polar surface area (TPSA) is 62.5 Å². The van der Waals surface area contributed by atoms with Crippen molar-refractivity contribution in [2.24, 2.45) is 0 Å². The van der Waals surface area contributed by atoms with Gasteiger partial charge >= 0.3 is 0 Å². The number of carbonyl (C=O) groups is 1. The van der Waals surface area contributed by atoms with E-state index in [1.165, 1.54) is 46.2 Å². The van der Waals surface area contributed by atoms with Crippen LogP contribution >= 0.6 is 27.3 Å². The fourth-order valence-corrected chi connectivity index (χ4v) is 5.48. The second-order valence-electron chi connectivity index (χ2n) is 6.42. The standard InChI is InChI=1S/C19H16BrFN2O3S/c20-16-14-7-8-15(25)23(12-5-3-11(21)4-6-12)19(14)27-17(16)18(26)22-9-1-2-13(22)10-24/h3-8,13,24H,1-2,9-10H2/t13-/m1/s1. The average molecular weight is 451 g/mol. The summed E-state index contributed by atoms with van der Waals surface area (Å²) >= 11 is 4.73. The number of rotatable bonds is 3. The van der Waals surface area contributed by atoms with E-state index in [4.69, 9.17) is 0 Å². The molecule has 3 heterocycles. The molecule has 0 bridgehead atoms. The number of nitrogens with zero attached hydrogens (tertiary/aromatic N) is 2. The van der Waals surface area contributed by atoms with Crippen LogP contribution in [0.1, 0.15) is 22.5 Å². The second kappa shape index (κ2) is 7.18. The van der Waals surface area contributed by atoms with Gasteiger partial charge in [-0.1, -0.05) is 0 Å². The molecule has 0 aliphatic carbocycles. The molecule has 1 aliphatic heterocycles. The Hall–Kier alpha value is -2.03. The Morgan fingerprint density at radius 1 is 1.26 bits per heavy atom. The Balaban J connectivity index is 1.87. The highest BCUT2D eigenvalue weighted by Crippen LogP contribution is 2.37. The van der Waals surface area contributed by atoms with Gasteiger partial charge in [-0.25, -0.2) is 4.39 Å². The van der Waals surface area contributed by atoms with Crippen molar-refractivity contribution in [3.63, 3.8) is 0 Å². The van der Waals surface area contributed by atoms with E-state index >= 15 is 0 Å². The molecule has 1 saturated heterocycles. The predicted octanol–water partition coefficient (Wildman–Crippen LogP) is 3.55. The molecule has 4 rings (SSSR count). The van der Waals surface area contributed by atoms with Gasteiger partial charge in [0, 0.05) is 18.0 Å². The number of likely N-dealkylation sites (tertiary alicyclic amines) is 1. The second-order valence-corrected chi connectivity index (χ2v) is 8.22. The molecule has 1 atom stereocenters. The zero-order chi connectivity index (χ0) is 19.1. The number of fused-ring (bicyclic) bond motifs is 1. The van der Waals surface area contributed by atoms with Gasteiger partial charge < -0.3 is 10.0 Å². The number of benzene rings is 1. The van der Waals surface area contributed by atoms with Crippen molar-refractivity contribution in [1.29, 1.82) is 0 Å². The molecule has 0 saturated carbocycles. The molecule has 0 spiro atoms. The van der Waals surface area contributed by atoms with E-state index in [1.54, 1.807) is 11.0 Å². The van der Waals surface area contributed by atoms with E-state index in [0.29, 0.717) is 26.4 Å². The summed E-state index contributed by atoms with van der Waals surface area (Å²) < 4.78 is 15.4. The van der Waals surface area contributed by atoms with Crippen LogP contribution in [0.25, 0.3) is 15.9 Å². The van der Waals surface area contributed by atoms with Crippen molar-refractivity contribution in [1.82, 2.24) is 9.47 Å². The quantitative estimate of drug-likeness (QED) is 0.663. The lowest BCUT2D eigenvalue weighted by Gasteiger charge is -2.22. The molecule has 1 N–H and O–H groups in total. The largest absolute Gasteiger partial charge is 0.394 e. The van der Waals surface area contributed by atoms with E-state index in [0.717, 1.165) is 18.2 Å². The number of aliphatic hydroxyl groups excluding tert-OH is 1. The van der Waals surface area contributed by atoms with Crippen LogP contribution in [0.5, 0.6) is 0 Å². The predicted molar refractivity (Wildman–Crippen MR) is 106 cm³/mol. The van der Waals surface area contributed by atoms with E-state index < -0.39 is 0 Å². The minimum Gasteiger partial charge on any atom is -0.394 e. The molecule has 140 valence electrons. The summed E-state index contributed by atoms with van der Waals surface area (Å²) in [4.78, 5) is 28.3. The van der Waals surface area contributed by atoms with E-state index in [1.807, 2.05) is 0 Å². The highest BCUT2D eigenvalue weighted by atomic mass is 79.9. The molecule has 27 heavy (non-hydrogen) atoms. The van der Waals surface area contributed by atoms with Crippen LogP contribution in [-0.4, -0.2) is 39.7 Å². The van der Waals surface area contributed by atoms with Crippen LogP contribution in [0.3, 0.4) is 0 Å². The number of thiophene rings is 1. The summed E-state index contributed by atoms with van der Waals surface area (Å²) in [7, 11) is 0. The zero-order valence-corrected chi connectivity index (χ0v) is 16.6. The number of aliphatic hydroxyl groups is 1. The van der Waals surface area contributed by atoms with Crippen LogP contribution < -0.4 is 5.56 Å². The van der Waals surface area contributed by atoms with E-state index in [9.17, 15) is 19.1 Å². The van der Waals surface area contributed by atoms with Crippen molar-refractivity contribution in [2.75, 3.05) is 13.2 Å². The summed E-state index contributed by atoms with van der Waals surface area (Å²) in [5.74, 6) is -0.538. The monoisotopic (exact) mass is 450 g/mol. The Kier molecular flexibility index (Phi) is 4.88. The number of carbonyl (C=O) groups excluding carboxylic acids is 1. The van der Waals surface area contributed by atoms with Crippen molar-refractivity contribution in [2.45, 2.75) is 18.9 Å². The van der Waals surface area contributed by atoms with Crippen LogP contribution in [0.15, 0.2) is 45.7 Å². The summed E-state index contributed by atoms with van der Waals surface area (Å²) in [6.45, 7) is 0.546. The van der Waals surface area contributed by atoms with Crippen LogP contribution in [0, 0.1) is 5.82 Å². The third kappa shape index (κ3) is 3.11. The van der Waals surface area contributed by atoms with Gasteiger partial charge in [-0.2, -0.15) is 0 Å². The number of hydrogen-bond acceptors (Lipinski definition) is 4. The Morgan fingerprint density at radius 2 is 2.00 bits per heavy atom. The van der Waals surface area contributed by atoms with Gasteiger partial charge in [-0.3, -0.25) is 14.2 Å². The average Bonchev–Trinajstić information content (AvgIpc) is 3.27. The lowest BCUT2D eigenvalue weighted by atomic mass is 10.2. The normalized spacial score (nSPS) is 17.0. The van der Waals surface area contributed by atoms with Crippen molar-refractivity contribution >= 4 is 43.4 Å². The SMILES string of the molecule is O=C(c1sc2c(ccc(=O)n2-c2ccc(F)cc2)c1Br)N1CCC[C@@H]1CO. The van der Waals surface area contributed by atoms with Gasteiger partial charge in [0.1, 0.15) is 15.5 Å². The summed E-state index contributed by atoms with van der Waals surface area (Å²) in [5, 5.41) is 10.3. The Bertz CT molecular complexity index is 1080. The number of hydrogen-bond donors (Lipinski definition) is 1. The maximum absolute atomic E-state index is 13.3.